The van der Waals surface area contributed by atoms with Gasteiger partial charge in [-0.15, -0.1) is 11.3 Å². The summed E-state index contributed by atoms with van der Waals surface area (Å²) in [7, 11) is 0. The minimum Gasteiger partial charge on any atom is -0.491 e. The number of nitrogens with one attached hydrogen (secondary N) is 2. The van der Waals surface area contributed by atoms with E-state index in [0.29, 0.717) is 12.2 Å². The summed E-state index contributed by atoms with van der Waals surface area (Å²) < 4.78 is 5.63. The van der Waals surface area contributed by atoms with Crippen molar-refractivity contribution in [3.8, 4) is 16.3 Å². The second kappa shape index (κ2) is 8.64. The van der Waals surface area contributed by atoms with Crippen molar-refractivity contribution in [1.29, 1.82) is 0 Å². The van der Waals surface area contributed by atoms with Gasteiger partial charge in [-0.2, -0.15) is 0 Å². The fourth-order valence-corrected chi connectivity index (χ4v) is 2.80. The quantitative estimate of drug-likeness (QED) is 0.729. The molecule has 0 fully saturated rings. The summed E-state index contributed by atoms with van der Waals surface area (Å²) in [5.74, 6) is 0.701. The Labute approximate surface area is 141 Å². The molecule has 23 heavy (non-hydrogen) atoms. The van der Waals surface area contributed by atoms with Gasteiger partial charge in [0.05, 0.1) is 6.10 Å². The number of amides is 1. The van der Waals surface area contributed by atoms with E-state index in [1.54, 1.807) is 5.38 Å². The maximum atomic E-state index is 12.0. The molecular formula is C17H23N3O2S. The first-order valence-corrected chi connectivity index (χ1v) is 8.69. The number of hydrogen-bond donors (Lipinski definition) is 2. The number of thiazole rings is 1. The first-order valence-electron chi connectivity index (χ1n) is 7.81. The van der Waals surface area contributed by atoms with E-state index in [9.17, 15) is 4.79 Å². The van der Waals surface area contributed by atoms with Crippen molar-refractivity contribution < 1.29 is 9.53 Å². The molecule has 0 spiro atoms. The average Bonchev–Trinajstić information content (AvgIpc) is 3.01. The molecule has 1 aromatic heterocycles. The van der Waals surface area contributed by atoms with E-state index >= 15 is 0 Å². The average molecular weight is 333 g/mol. The van der Waals surface area contributed by atoms with E-state index in [4.69, 9.17) is 4.74 Å². The number of carbonyl (C=O) groups excluding carboxylic acids is 1. The van der Waals surface area contributed by atoms with Crippen molar-refractivity contribution in [3.63, 3.8) is 0 Å². The van der Waals surface area contributed by atoms with Gasteiger partial charge in [0.15, 0.2) is 0 Å². The number of ether oxygens (including phenoxy) is 1. The Hall–Kier alpha value is -1.92. The van der Waals surface area contributed by atoms with Crippen molar-refractivity contribution in [1.82, 2.24) is 15.6 Å². The van der Waals surface area contributed by atoms with Crippen LogP contribution in [0.15, 0.2) is 29.6 Å². The summed E-state index contributed by atoms with van der Waals surface area (Å²) in [6.07, 6.45) is 0.151. The number of carbonyl (C=O) groups is 1. The fourth-order valence-electron chi connectivity index (χ4n) is 1.99. The Morgan fingerprint density at radius 1 is 1.26 bits per heavy atom. The predicted octanol–water partition coefficient (Wildman–Crippen LogP) is 2.94. The summed E-state index contributed by atoms with van der Waals surface area (Å²) in [6, 6.07) is 7.77. The number of hydrogen-bond acceptors (Lipinski definition) is 5. The predicted molar refractivity (Wildman–Crippen MR) is 94.2 cm³/mol. The normalized spacial score (nSPS) is 10.8. The number of nitrogens with zero attached hydrogens (tertiary/aromatic N) is 1. The second-order valence-corrected chi connectivity index (χ2v) is 6.20. The van der Waals surface area contributed by atoms with Crippen LogP contribution >= 0.6 is 11.3 Å². The highest BCUT2D eigenvalue weighted by atomic mass is 32.1. The molecule has 0 saturated heterocycles. The Morgan fingerprint density at radius 3 is 2.65 bits per heavy atom. The van der Waals surface area contributed by atoms with Gasteiger partial charge in [-0.05, 0) is 44.7 Å². The molecule has 2 N–H and O–H groups in total. The van der Waals surface area contributed by atoms with E-state index in [-0.39, 0.29) is 12.0 Å². The van der Waals surface area contributed by atoms with Gasteiger partial charge in [-0.3, -0.25) is 4.79 Å². The van der Waals surface area contributed by atoms with Crippen molar-refractivity contribution in [3.05, 3.63) is 35.3 Å². The maximum Gasteiger partial charge on any atom is 0.270 e. The Bertz CT molecular complexity index is 623. The molecule has 0 aliphatic heterocycles. The number of aromatic nitrogens is 1. The minimum absolute atomic E-state index is 0.134. The summed E-state index contributed by atoms with van der Waals surface area (Å²) in [4.78, 5) is 16.4. The van der Waals surface area contributed by atoms with Crippen LogP contribution in [0.2, 0.25) is 0 Å². The van der Waals surface area contributed by atoms with Gasteiger partial charge in [-0.1, -0.05) is 6.92 Å². The fraction of sp³-hybridized carbons (Fsp3) is 0.412. The molecule has 1 aromatic carbocycles. The molecule has 0 saturated carbocycles. The van der Waals surface area contributed by atoms with Gasteiger partial charge >= 0.3 is 0 Å². The Balaban J connectivity index is 1.97. The number of rotatable bonds is 8. The van der Waals surface area contributed by atoms with Crippen molar-refractivity contribution >= 4 is 17.2 Å². The molecule has 1 amide bonds. The van der Waals surface area contributed by atoms with Crippen molar-refractivity contribution in [2.24, 2.45) is 0 Å². The van der Waals surface area contributed by atoms with Crippen molar-refractivity contribution in [2.45, 2.75) is 26.9 Å². The third-order valence-corrected chi connectivity index (χ3v) is 3.94. The minimum atomic E-state index is -0.134. The first-order chi connectivity index (χ1) is 11.1. The zero-order valence-electron chi connectivity index (χ0n) is 13.8. The van der Waals surface area contributed by atoms with Crippen LogP contribution in [0.4, 0.5) is 0 Å². The van der Waals surface area contributed by atoms with Gasteiger partial charge in [-0.25, -0.2) is 4.98 Å². The summed E-state index contributed by atoms with van der Waals surface area (Å²) in [6.45, 7) is 8.28. The molecule has 5 nitrogen and oxygen atoms in total. The van der Waals surface area contributed by atoms with Gasteiger partial charge in [0.1, 0.15) is 16.5 Å². The van der Waals surface area contributed by atoms with Crippen LogP contribution < -0.4 is 15.4 Å². The third-order valence-electron chi connectivity index (χ3n) is 3.05. The molecule has 1 heterocycles. The lowest BCUT2D eigenvalue weighted by Gasteiger charge is -2.09. The van der Waals surface area contributed by atoms with Crippen LogP contribution in [0.5, 0.6) is 5.75 Å². The van der Waals surface area contributed by atoms with Crippen molar-refractivity contribution in [2.75, 3.05) is 19.6 Å². The lowest BCUT2D eigenvalue weighted by Crippen LogP contribution is -2.31. The molecule has 0 bridgehead atoms. The largest absolute Gasteiger partial charge is 0.491 e. The molecule has 124 valence electrons. The lowest BCUT2D eigenvalue weighted by atomic mass is 10.2. The zero-order valence-corrected chi connectivity index (χ0v) is 14.6. The Kier molecular flexibility index (Phi) is 6.55. The number of likely N-dealkylation sites (N-methyl/N-ethyl adjacent to an activating group) is 1. The van der Waals surface area contributed by atoms with Gasteiger partial charge < -0.3 is 15.4 Å². The summed E-state index contributed by atoms with van der Waals surface area (Å²) in [5.41, 5.74) is 1.45. The van der Waals surface area contributed by atoms with E-state index < -0.39 is 0 Å². The highest BCUT2D eigenvalue weighted by Gasteiger charge is 2.11. The smallest absolute Gasteiger partial charge is 0.270 e. The summed E-state index contributed by atoms with van der Waals surface area (Å²) in [5, 5.41) is 8.63. The molecule has 0 aliphatic carbocycles. The van der Waals surface area contributed by atoms with Crippen LogP contribution in [-0.2, 0) is 0 Å². The van der Waals surface area contributed by atoms with Gasteiger partial charge in [0, 0.05) is 24.0 Å². The van der Waals surface area contributed by atoms with Crippen LogP contribution in [0.3, 0.4) is 0 Å². The molecule has 2 rings (SSSR count). The van der Waals surface area contributed by atoms with Crippen LogP contribution in [0, 0.1) is 0 Å². The molecule has 0 unspecified atom stereocenters. The van der Waals surface area contributed by atoms with E-state index in [1.807, 2.05) is 45.0 Å². The topological polar surface area (TPSA) is 63.2 Å². The lowest BCUT2D eigenvalue weighted by molar-refractivity contribution is 0.0950. The zero-order chi connectivity index (χ0) is 16.7. The van der Waals surface area contributed by atoms with Gasteiger partial charge in [0.25, 0.3) is 5.91 Å². The molecule has 0 atom stereocenters. The second-order valence-electron chi connectivity index (χ2n) is 5.34. The first kappa shape index (κ1) is 17.4. The van der Waals surface area contributed by atoms with Gasteiger partial charge in [0.2, 0.25) is 0 Å². The molecule has 0 aliphatic rings. The van der Waals surface area contributed by atoms with Crippen LogP contribution in [0.25, 0.3) is 10.6 Å². The van der Waals surface area contributed by atoms with E-state index in [2.05, 4.69) is 15.6 Å². The highest BCUT2D eigenvalue weighted by Crippen LogP contribution is 2.26. The van der Waals surface area contributed by atoms with Crippen LogP contribution in [-0.4, -0.2) is 36.6 Å². The van der Waals surface area contributed by atoms with Crippen LogP contribution in [0.1, 0.15) is 31.3 Å². The maximum absolute atomic E-state index is 12.0. The monoisotopic (exact) mass is 333 g/mol. The van der Waals surface area contributed by atoms with E-state index in [0.717, 1.165) is 29.4 Å². The SMILES string of the molecule is CCNCCNC(=O)c1csc(-c2ccc(OC(C)C)cc2)n1. The standard InChI is InChI=1S/C17H23N3O2S/c1-4-18-9-10-19-16(21)15-11-23-17(20-15)13-5-7-14(8-6-13)22-12(2)3/h5-8,11-12,18H,4,9-10H2,1-3H3,(H,19,21). The third kappa shape index (κ3) is 5.33. The van der Waals surface area contributed by atoms with E-state index in [1.165, 1.54) is 11.3 Å². The molecule has 0 radical (unpaired) electrons. The Morgan fingerprint density at radius 2 is 2.00 bits per heavy atom. The molecule has 2 aromatic rings. The summed E-state index contributed by atoms with van der Waals surface area (Å²) >= 11 is 1.47. The number of benzene rings is 1. The molecular weight excluding hydrogens is 310 g/mol. The molecule has 6 heteroatoms. The highest BCUT2D eigenvalue weighted by molar-refractivity contribution is 7.13.